The topological polar surface area (TPSA) is 140 Å². The lowest BCUT2D eigenvalue weighted by Gasteiger charge is -2.29. The second kappa shape index (κ2) is 53.7. The van der Waals surface area contributed by atoms with Gasteiger partial charge in [0.15, 0.2) is 0 Å². The van der Waals surface area contributed by atoms with Crippen LogP contribution in [0.4, 0.5) is 0 Å². The van der Waals surface area contributed by atoms with Crippen LogP contribution in [0.25, 0.3) is 0 Å². The van der Waals surface area contributed by atoms with Gasteiger partial charge in [0.2, 0.25) is 0 Å². The molecule has 0 saturated carbocycles. The SMILES string of the molecule is CCCCCCCCCCCCCCCCN(CCCCC(C(=O)OC)N(CCCCCCCCCCCCCCCC)OCCOCCOCCN)OCCOCCOCCN. The van der Waals surface area contributed by atoms with Crippen molar-refractivity contribution in [3.63, 3.8) is 0 Å². The van der Waals surface area contributed by atoms with E-state index in [1.54, 1.807) is 0 Å². The van der Waals surface area contributed by atoms with Crippen LogP contribution >= 0.6 is 0 Å². The molecule has 0 aromatic carbocycles. The lowest BCUT2D eigenvalue weighted by molar-refractivity contribution is -0.209. The summed E-state index contributed by atoms with van der Waals surface area (Å²) in [6.45, 7) is 12.9. The number of methoxy groups -OCH3 is 1. The first-order chi connectivity index (χ1) is 31.1. The summed E-state index contributed by atoms with van der Waals surface area (Å²) >= 11 is 0. The standard InChI is InChI=1S/C51H106N4O8/c1-4-6-8-10-12-14-16-18-20-22-24-26-28-31-37-54(62-48-46-60-44-42-58-40-35-52)38-33-30-34-50(51(56)57-3)55(63-49-47-61-45-43-59-41-36-53)39-32-29-27-25-23-21-19-17-15-13-11-9-7-5-2/h50H,4-49,52-53H2,1-3H3. The van der Waals surface area contributed by atoms with Crippen molar-refractivity contribution in [3.05, 3.63) is 0 Å². The number of nitrogens with zero attached hydrogens (tertiary/aromatic N) is 2. The lowest BCUT2D eigenvalue weighted by atomic mass is 10.0. The monoisotopic (exact) mass is 903 g/mol. The average Bonchev–Trinajstić information content (AvgIpc) is 3.29. The molecule has 0 aromatic heterocycles. The molecule has 1 unspecified atom stereocenters. The highest BCUT2D eigenvalue weighted by Gasteiger charge is 2.27. The molecule has 0 rings (SSSR count). The first kappa shape index (κ1) is 62.1. The fourth-order valence-corrected chi connectivity index (χ4v) is 7.89. The quantitative estimate of drug-likeness (QED) is 0.0341. The molecule has 0 fully saturated rings. The Labute approximate surface area is 389 Å². The average molecular weight is 903 g/mol. The van der Waals surface area contributed by atoms with Gasteiger partial charge in [0.25, 0.3) is 0 Å². The molecule has 0 aromatic rings. The molecule has 0 amide bonds. The molecular weight excluding hydrogens is 797 g/mol. The highest BCUT2D eigenvalue weighted by molar-refractivity contribution is 5.75. The highest BCUT2D eigenvalue weighted by atomic mass is 16.7. The number of nitrogens with two attached hydrogens (primary N) is 2. The van der Waals surface area contributed by atoms with E-state index in [0.717, 1.165) is 45.2 Å². The largest absolute Gasteiger partial charge is 0.468 e. The van der Waals surface area contributed by atoms with E-state index in [-0.39, 0.29) is 5.97 Å². The van der Waals surface area contributed by atoms with Crippen molar-refractivity contribution in [3.8, 4) is 0 Å². The van der Waals surface area contributed by atoms with E-state index in [1.807, 2.05) is 5.06 Å². The van der Waals surface area contributed by atoms with Crippen LogP contribution in [0.1, 0.15) is 213 Å². The number of unbranched alkanes of at least 4 members (excludes halogenated alkanes) is 27. The summed E-state index contributed by atoms with van der Waals surface area (Å²) in [6.07, 6.45) is 39.4. The number of carbonyl (C=O) groups excluding carboxylic acids is 1. The highest BCUT2D eigenvalue weighted by Crippen LogP contribution is 2.18. The maximum absolute atomic E-state index is 13.2. The van der Waals surface area contributed by atoms with Gasteiger partial charge in [0.1, 0.15) is 6.04 Å². The van der Waals surface area contributed by atoms with Gasteiger partial charge < -0.3 is 35.2 Å². The molecule has 0 spiro atoms. The van der Waals surface area contributed by atoms with Crippen molar-refractivity contribution in [2.24, 2.45) is 11.5 Å². The van der Waals surface area contributed by atoms with Gasteiger partial charge in [-0.1, -0.05) is 181 Å². The Bertz CT molecular complexity index is 879. The summed E-state index contributed by atoms with van der Waals surface area (Å²) in [5.41, 5.74) is 11.0. The van der Waals surface area contributed by atoms with E-state index in [2.05, 4.69) is 18.9 Å². The summed E-state index contributed by atoms with van der Waals surface area (Å²) in [5, 5.41) is 3.98. The minimum atomic E-state index is -0.472. The number of hydrogen-bond donors (Lipinski definition) is 2. The zero-order valence-electron chi connectivity index (χ0n) is 41.9. The van der Waals surface area contributed by atoms with Crippen LogP contribution in [0.5, 0.6) is 0 Å². The molecule has 378 valence electrons. The summed E-state index contributed by atoms with van der Waals surface area (Å²) in [6, 6.07) is -0.472. The van der Waals surface area contributed by atoms with E-state index < -0.39 is 6.04 Å². The molecule has 0 radical (unpaired) electrons. The molecule has 0 saturated heterocycles. The number of rotatable bonds is 55. The summed E-state index contributed by atoms with van der Waals surface area (Å²) in [7, 11) is 1.48. The third kappa shape index (κ3) is 46.0. The summed E-state index contributed by atoms with van der Waals surface area (Å²) in [4.78, 5) is 25.8. The summed E-state index contributed by atoms with van der Waals surface area (Å²) in [5.74, 6) is -0.250. The van der Waals surface area contributed by atoms with Gasteiger partial charge in [0, 0.05) is 32.7 Å². The number of carbonyl (C=O) groups is 1. The lowest BCUT2D eigenvalue weighted by Crippen LogP contribution is -2.43. The molecule has 12 nitrogen and oxygen atoms in total. The van der Waals surface area contributed by atoms with Crippen molar-refractivity contribution in [1.29, 1.82) is 0 Å². The molecule has 0 aliphatic heterocycles. The molecule has 0 bridgehead atoms. The maximum atomic E-state index is 13.2. The van der Waals surface area contributed by atoms with Crippen LogP contribution in [0.3, 0.4) is 0 Å². The Morgan fingerprint density at radius 3 is 1.10 bits per heavy atom. The first-order valence-corrected chi connectivity index (χ1v) is 26.7. The summed E-state index contributed by atoms with van der Waals surface area (Å²) < 4.78 is 27.7. The zero-order chi connectivity index (χ0) is 45.8. The molecular formula is C51H106N4O8. The third-order valence-electron chi connectivity index (χ3n) is 11.7. The fourth-order valence-electron chi connectivity index (χ4n) is 7.89. The Hall–Kier alpha value is -0.930. The minimum absolute atomic E-state index is 0.250. The van der Waals surface area contributed by atoms with Gasteiger partial charge >= 0.3 is 5.97 Å². The van der Waals surface area contributed by atoms with Gasteiger partial charge in [-0.2, -0.15) is 10.1 Å². The Morgan fingerprint density at radius 2 is 0.714 bits per heavy atom. The van der Waals surface area contributed by atoms with E-state index in [1.165, 1.54) is 168 Å². The second-order valence-corrected chi connectivity index (χ2v) is 17.5. The van der Waals surface area contributed by atoms with Crippen LogP contribution in [0, 0.1) is 0 Å². The molecule has 1 atom stereocenters. The van der Waals surface area contributed by atoms with Crippen molar-refractivity contribution < 1.29 is 38.2 Å². The normalized spacial score (nSPS) is 12.3. The molecule has 4 N–H and O–H groups in total. The van der Waals surface area contributed by atoms with E-state index in [4.69, 9.17) is 44.8 Å². The van der Waals surface area contributed by atoms with Gasteiger partial charge in [-0.15, -0.1) is 0 Å². The van der Waals surface area contributed by atoms with Crippen LogP contribution in [0.15, 0.2) is 0 Å². The Kier molecular flexibility index (Phi) is 52.9. The van der Waals surface area contributed by atoms with Crippen LogP contribution in [-0.4, -0.2) is 128 Å². The molecule has 0 aliphatic rings. The smallest absolute Gasteiger partial charge is 0.325 e. The molecule has 0 heterocycles. The van der Waals surface area contributed by atoms with Gasteiger partial charge in [-0.05, 0) is 32.1 Å². The predicted octanol–water partition coefficient (Wildman–Crippen LogP) is 11.1. The maximum Gasteiger partial charge on any atom is 0.325 e. The molecule has 0 aliphatic carbocycles. The van der Waals surface area contributed by atoms with Crippen molar-refractivity contribution in [1.82, 2.24) is 10.1 Å². The van der Waals surface area contributed by atoms with Crippen molar-refractivity contribution in [2.45, 2.75) is 219 Å². The number of hydroxylamine groups is 4. The zero-order valence-corrected chi connectivity index (χ0v) is 41.9. The number of esters is 1. The number of ether oxygens (including phenoxy) is 5. The van der Waals surface area contributed by atoms with E-state index in [9.17, 15) is 4.79 Å². The van der Waals surface area contributed by atoms with Crippen LogP contribution < -0.4 is 11.5 Å². The Morgan fingerprint density at radius 1 is 0.397 bits per heavy atom. The van der Waals surface area contributed by atoms with Gasteiger partial charge in [0.05, 0.1) is 73.2 Å². The van der Waals surface area contributed by atoms with Gasteiger partial charge in [-0.25, -0.2) is 0 Å². The third-order valence-corrected chi connectivity index (χ3v) is 11.7. The second-order valence-electron chi connectivity index (χ2n) is 17.5. The Balaban J connectivity index is 4.93. The van der Waals surface area contributed by atoms with E-state index in [0.29, 0.717) is 92.1 Å². The predicted molar refractivity (Wildman–Crippen MR) is 262 cm³/mol. The molecule has 63 heavy (non-hydrogen) atoms. The first-order valence-electron chi connectivity index (χ1n) is 26.7. The van der Waals surface area contributed by atoms with Crippen LogP contribution in [-0.2, 0) is 38.2 Å². The van der Waals surface area contributed by atoms with Crippen molar-refractivity contribution in [2.75, 3.05) is 106 Å². The van der Waals surface area contributed by atoms with Crippen molar-refractivity contribution >= 4 is 5.97 Å². The molecule has 12 heteroatoms. The minimum Gasteiger partial charge on any atom is -0.468 e. The van der Waals surface area contributed by atoms with E-state index >= 15 is 0 Å². The van der Waals surface area contributed by atoms with Gasteiger partial charge in [-0.3, -0.25) is 14.5 Å². The fraction of sp³-hybridized carbons (Fsp3) is 0.980. The van der Waals surface area contributed by atoms with Crippen LogP contribution in [0.2, 0.25) is 0 Å². The number of hydrogen-bond acceptors (Lipinski definition) is 12.